The molecule has 0 bridgehead atoms. The van der Waals surface area contributed by atoms with Gasteiger partial charge in [0.1, 0.15) is 0 Å². The molecule has 4 aromatic rings. The number of rotatable bonds is 4. The fraction of sp³-hybridized carbons (Fsp3) is 0.0909. The molecule has 4 heteroatoms. The smallest absolute Gasteiger partial charge is 0.254 e. The van der Waals surface area contributed by atoms with Gasteiger partial charge < -0.3 is 9.88 Å². The van der Waals surface area contributed by atoms with Crippen molar-refractivity contribution >= 4 is 16.8 Å². The zero-order chi connectivity index (χ0) is 17.9. The Morgan fingerprint density at radius 2 is 1.81 bits per heavy atom. The Hall–Kier alpha value is -3.40. The van der Waals surface area contributed by atoms with Gasteiger partial charge in [0.2, 0.25) is 0 Å². The van der Waals surface area contributed by atoms with E-state index in [1.165, 1.54) is 0 Å². The Morgan fingerprint density at radius 3 is 2.58 bits per heavy atom. The molecule has 4 nitrogen and oxygen atoms in total. The van der Waals surface area contributed by atoms with E-state index in [4.69, 9.17) is 0 Å². The molecule has 4 rings (SSSR count). The van der Waals surface area contributed by atoms with E-state index in [2.05, 4.69) is 9.97 Å². The third-order valence-electron chi connectivity index (χ3n) is 4.59. The molecule has 2 heterocycles. The fourth-order valence-corrected chi connectivity index (χ4v) is 3.27. The molecule has 1 unspecified atom stereocenters. The van der Waals surface area contributed by atoms with Gasteiger partial charge >= 0.3 is 0 Å². The van der Waals surface area contributed by atoms with E-state index in [1.807, 2.05) is 86.0 Å². The normalized spacial score (nSPS) is 12.0. The van der Waals surface area contributed by atoms with E-state index in [9.17, 15) is 4.79 Å². The number of fused-ring (bicyclic) bond motifs is 1. The predicted molar refractivity (Wildman–Crippen MR) is 103 cm³/mol. The Labute approximate surface area is 152 Å². The lowest BCUT2D eigenvalue weighted by Gasteiger charge is -2.28. The number of aromatic amines is 1. The molecule has 128 valence electrons. The standard InChI is InChI=1S/C22H19N3O/c1-25(22(26)18-11-10-16-12-14-24-20(16)15-18)21(17-7-3-2-4-8-17)19-9-5-6-13-23-19/h2-15,21,24H,1H3. The molecule has 0 aliphatic rings. The van der Waals surface area contributed by atoms with Crippen molar-refractivity contribution in [2.45, 2.75) is 6.04 Å². The van der Waals surface area contributed by atoms with E-state index < -0.39 is 0 Å². The second-order valence-corrected chi connectivity index (χ2v) is 6.26. The first-order chi connectivity index (χ1) is 12.7. The van der Waals surface area contributed by atoms with Crippen molar-refractivity contribution in [2.24, 2.45) is 0 Å². The van der Waals surface area contributed by atoms with Gasteiger partial charge in [0.15, 0.2) is 0 Å². The number of pyridine rings is 1. The Bertz CT molecular complexity index is 985. The van der Waals surface area contributed by atoms with Gasteiger partial charge in [-0.2, -0.15) is 0 Å². The molecule has 1 atom stereocenters. The molecule has 0 spiro atoms. The maximum absolute atomic E-state index is 13.2. The number of benzene rings is 2. The van der Waals surface area contributed by atoms with Crippen LogP contribution in [-0.2, 0) is 0 Å². The largest absolute Gasteiger partial charge is 0.361 e. The van der Waals surface area contributed by atoms with Crippen LogP contribution in [-0.4, -0.2) is 27.8 Å². The Kier molecular flexibility index (Phi) is 4.23. The van der Waals surface area contributed by atoms with Gasteiger partial charge in [0.25, 0.3) is 5.91 Å². The second-order valence-electron chi connectivity index (χ2n) is 6.26. The first kappa shape index (κ1) is 16.1. The fourth-order valence-electron chi connectivity index (χ4n) is 3.27. The summed E-state index contributed by atoms with van der Waals surface area (Å²) in [5.41, 5.74) is 3.48. The average Bonchev–Trinajstić information content (AvgIpc) is 3.17. The number of hydrogen-bond donors (Lipinski definition) is 1. The highest BCUT2D eigenvalue weighted by molar-refractivity contribution is 5.98. The molecule has 2 aromatic heterocycles. The maximum Gasteiger partial charge on any atom is 0.254 e. The van der Waals surface area contributed by atoms with Crippen LogP contribution < -0.4 is 0 Å². The number of carbonyl (C=O) groups excluding carboxylic acids is 1. The highest BCUT2D eigenvalue weighted by Gasteiger charge is 2.25. The third kappa shape index (κ3) is 2.97. The summed E-state index contributed by atoms with van der Waals surface area (Å²) in [6, 6.07) is 23.2. The Balaban J connectivity index is 1.74. The zero-order valence-electron chi connectivity index (χ0n) is 14.5. The van der Waals surface area contributed by atoms with Gasteiger partial charge in [-0.15, -0.1) is 0 Å². The lowest BCUT2D eigenvalue weighted by molar-refractivity contribution is 0.0753. The van der Waals surface area contributed by atoms with Gasteiger partial charge in [-0.25, -0.2) is 0 Å². The first-order valence-electron chi connectivity index (χ1n) is 8.54. The average molecular weight is 341 g/mol. The molecule has 0 fully saturated rings. The molecule has 1 amide bonds. The van der Waals surface area contributed by atoms with Gasteiger partial charge in [-0.1, -0.05) is 42.5 Å². The number of hydrogen-bond acceptors (Lipinski definition) is 2. The van der Waals surface area contributed by atoms with E-state index >= 15 is 0 Å². The molecule has 0 radical (unpaired) electrons. The summed E-state index contributed by atoms with van der Waals surface area (Å²) < 4.78 is 0. The summed E-state index contributed by atoms with van der Waals surface area (Å²) in [7, 11) is 1.83. The van der Waals surface area contributed by atoms with Crippen molar-refractivity contribution in [2.75, 3.05) is 7.05 Å². The number of nitrogens with zero attached hydrogens (tertiary/aromatic N) is 2. The topological polar surface area (TPSA) is 49.0 Å². The van der Waals surface area contributed by atoms with Gasteiger partial charge in [-0.05, 0) is 41.3 Å². The minimum absolute atomic E-state index is 0.0407. The van der Waals surface area contributed by atoms with Crippen molar-refractivity contribution in [3.8, 4) is 0 Å². The van der Waals surface area contributed by atoms with Crippen LogP contribution in [0.15, 0.2) is 85.2 Å². The zero-order valence-corrected chi connectivity index (χ0v) is 14.5. The number of nitrogens with one attached hydrogen (secondary N) is 1. The predicted octanol–water partition coefficient (Wildman–Crippen LogP) is 4.42. The van der Waals surface area contributed by atoms with Gasteiger partial charge in [-0.3, -0.25) is 9.78 Å². The summed E-state index contributed by atoms with van der Waals surface area (Å²) in [5, 5.41) is 1.09. The van der Waals surface area contributed by atoms with E-state index in [0.29, 0.717) is 5.56 Å². The number of amides is 1. The van der Waals surface area contributed by atoms with Crippen molar-refractivity contribution in [1.82, 2.24) is 14.9 Å². The summed E-state index contributed by atoms with van der Waals surface area (Å²) in [5.74, 6) is -0.0407. The molecule has 0 aliphatic carbocycles. The number of H-pyrrole nitrogens is 1. The third-order valence-corrected chi connectivity index (χ3v) is 4.59. The van der Waals surface area contributed by atoms with Crippen LogP contribution in [0.2, 0.25) is 0 Å². The van der Waals surface area contributed by atoms with Crippen LogP contribution >= 0.6 is 0 Å². The molecule has 0 saturated carbocycles. The SMILES string of the molecule is CN(C(=O)c1ccc2cc[nH]c2c1)C(c1ccccc1)c1ccccn1. The van der Waals surface area contributed by atoms with Gasteiger partial charge in [0.05, 0.1) is 11.7 Å². The molecule has 26 heavy (non-hydrogen) atoms. The maximum atomic E-state index is 13.2. The summed E-state index contributed by atoms with van der Waals surface area (Å²) >= 11 is 0. The van der Waals surface area contributed by atoms with Crippen LogP contribution in [0.25, 0.3) is 10.9 Å². The summed E-state index contributed by atoms with van der Waals surface area (Å²) in [6.07, 6.45) is 3.64. The van der Waals surface area contributed by atoms with Crippen LogP contribution in [0.4, 0.5) is 0 Å². The second kappa shape index (κ2) is 6.84. The van der Waals surface area contributed by atoms with Crippen LogP contribution in [0, 0.1) is 0 Å². The summed E-state index contributed by atoms with van der Waals surface area (Å²) in [6.45, 7) is 0. The van der Waals surface area contributed by atoms with E-state index in [1.54, 1.807) is 11.1 Å². The quantitative estimate of drug-likeness (QED) is 0.597. The highest BCUT2D eigenvalue weighted by atomic mass is 16.2. The summed E-state index contributed by atoms with van der Waals surface area (Å²) in [4.78, 5) is 22.6. The minimum atomic E-state index is -0.246. The first-order valence-corrected chi connectivity index (χ1v) is 8.54. The van der Waals surface area contributed by atoms with Gasteiger partial charge in [0, 0.05) is 30.5 Å². The molecule has 0 aliphatic heterocycles. The lowest BCUT2D eigenvalue weighted by atomic mass is 10.0. The molecule has 2 aromatic carbocycles. The molecule has 1 N–H and O–H groups in total. The van der Waals surface area contributed by atoms with Crippen LogP contribution in [0.3, 0.4) is 0 Å². The van der Waals surface area contributed by atoms with Crippen molar-refractivity contribution in [1.29, 1.82) is 0 Å². The van der Waals surface area contributed by atoms with Crippen molar-refractivity contribution in [3.05, 3.63) is 102 Å². The van der Waals surface area contributed by atoms with Crippen molar-refractivity contribution < 1.29 is 4.79 Å². The minimum Gasteiger partial charge on any atom is -0.361 e. The highest BCUT2D eigenvalue weighted by Crippen LogP contribution is 2.28. The number of carbonyl (C=O) groups is 1. The van der Waals surface area contributed by atoms with Crippen LogP contribution in [0.5, 0.6) is 0 Å². The molecule has 0 saturated heterocycles. The number of aromatic nitrogens is 2. The van der Waals surface area contributed by atoms with E-state index in [0.717, 1.165) is 22.2 Å². The molecular weight excluding hydrogens is 322 g/mol. The Morgan fingerprint density at radius 1 is 1.00 bits per heavy atom. The monoisotopic (exact) mass is 341 g/mol. The van der Waals surface area contributed by atoms with E-state index in [-0.39, 0.29) is 11.9 Å². The van der Waals surface area contributed by atoms with Crippen molar-refractivity contribution in [3.63, 3.8) is 0 Å². The van der Waals surface area contributed by atoms with Crippen LogP contribution in [0.1, 0.15) is 27.7 Å². The lowest BCUT2D eigenvalue weighted by Crippen LogP contribution is -2.32. The molecular formula is C22H19N3O.